The summed E-state index contributed by atoms with van der Waals surface area (Å²) >= 11 is 5.11. The van der Waals surface area contributed by atoms with Crippen molar-refractivity contribution in [3.63, 3.8) is 0 Å². The molecule has 7 nitrogen and oxygen atoms in total. The van der Waals surface area contributed by atoms with E-state index in [2.05, 4.69) is 15.3 Å². The van der Waals surface area contributed by atoms with E-state index in [0.717, 1.165) is 11.3 Å². The first-order valence-electron chi connectivity index (χ1n) is 6.27. The molecule has 0 aliphatic rings. The zero-order valence-electron chi connectivity index (χ0n) is 11.5. The first kappa shape index (κ1) is 13.5. The number of para-hydroxylation sites is 1. The smallest absolute Gasteiger partial charge is 0.276 e. The molecule has 8 heteroatoms. The van der Waals surface area contributed by atoms with Crippen LogP contribution < -0.4 is 10.3 Å². The Labute approximate surface area is 124 Å². The molecule has 21 heavy (non-hydrogen) atoms. The fourth-order valence-electron chi connectivity index (χ4n) is 2.18. The Morgan fingerprint density at radius 2 is 2.14 bits per heavy atom. The van der Waals surface area contributed by atoms with Crippen molar-refractivity contribution in [2.45, 2.75) is 6.42 Å². The Morgan fingerprint density at radius 1 is 1.38 bits per heavy atom. The van der Waals surface area contributed by atoms with Gasteiger partial charge in [-0.25, -0.2) is 5.10 Å². The molecule has 1 aromatic carbocycles. The van der Waals surface area contributed by atoms with Crippen LogP contribution in [0.5, 0.6) is 5.75 Å². The average molecular weight is 303 g/mol. The Hall–Kier alpha value is -2.48. The highest BCUT2D eigenvalue weighted by Gasteiger charge is 2.13. The molecular formula is C13H13N5O2S. The number of rotatable bonds is 3. The van der Waals surface area contributed by atoms with E-state index >= 15 is 0 Å². The number of benzene rings is 1. The number of aryl methyl sites for hydroxylation is 1. The molecule has 0 aliphatic heterocycles. The third-order valence-electron chi connectivity index (χ3n) is 3.26. The van der Waals surface area contributed by atoms with Crippen LogP contribution in [0.3, 0.4) is 0 Å². The third-order valence-corrected chi connectivity index (χ3v) is 3.52. The molecule has 0 atom stereocenters. The van der Waals surface area contributed by atoms with Crippen LogP contribution in [0.2, 0.25) is 0 Å². The first-order chi connectivity index (χ1) is 10.1. The van der Waals surface area contributed by atoms with Gasteiger partial charge < -0.3 is 4.74 Å². The maximum Gasteiger partial charge on any atom is 0.276 e. The Kier molecular flexibility index (Phi) is 3.30. The van der Waals surface area contributed by atoms with E-state index in [1.807, 2.05) is 24.3 Å². The van der Waals surface area contributed by atoms with E-state index in [1.165, 1.54) is 9.08 Å². The molecular weight excluding hydrogens is 290 g/mol. The van der Waals surface area contributed by atoms with Gasteiger partial charge in [-0.15, -0.1) is 5.10 Å². The van der Waals surface area contributed by atoms with Gasteiger partial charge >= 0.3 is 0 Å². The van der Waals surface area contributed by atoms with Crippen molar-refractivity contribution in [2.75, 3.05) is 7.11 Å². The summed E-state index contributed by atoms with van der Waals surface area (Å²) < 4.78 is 8.52. The van der Waals surface area contributed by atoms with Gasteiger partial charge in [0.05, 0.1) is 7.11 Å². The van der Waals surface area contributed by atoms with Gasteiger partial charge in [0.25, 0.3) is 11.3 Å². The minimum absolute atomic E-state index is 0.206. The summed E-state index contributed by atoms with van der Waals surface area (Å²) in [6.45, 7) is 0. The zero-order chi connectivity index (χ0) is 15.0. The molecule has 108 valence electrons. The van der Waals surface area contributed by atoms with E-state index in [0.29, 0.717) is 22.7 Å². The van der Waals surface area contributed by atoms with Crippen LogP contribution in [-0.4, -0.2) is 31.5 Å². The second kappa shape index (κ2) is 5.13. The van der Waals surface area contributed by atoms with Crippen molar-refractivity contribution < 1.29 is 4.74 Å². The molecule has 2 heterocycles. The van der Waals surface area contributed by atoms with E-state index in [4.69, 9.17) is 17.0 Å². The first-order valence-corrected chi connectivity index (χ1v) is 6.68. The molecule has 0 bridgehead atoms. The molecule has 0 aliphatic carbocycles. The van der Waals surface area contributed by atoms with Crippen LogP contribution in [0, 0.1) is 4.77 Å². The molecule has 2 aromatic heterocycles. The fourth-order valence-corrected chi connectivity index (χ4v) is 2.35. The second-order valence-electron chi connectivity index (χ2n) is 4.54. The highest BCUT2D eigenvalue weighted by Crippen LogP contribution is 2.19. The molecule has 0 fully saturated rings. The van der Waals surface area contributed by atoms with Crippen molar-refractivity contribution in [2.24, 2.45) is 7.05 Å². The van der Waals surface area contributed by atoms with E-state index in [-0.39, 0.29) is 5.56 Å². The van der Waals surface area contributed by atoms with Gasteiger partial charge in [-0.1, -0.05) is 18.2 Å². The van der Waals surface area contributed by atoms with Crippen LogP contribution in [0.15, 0.2) is 29.1 Å². The van der Waals surface area contributed by atoms with Crippen LogP contribution in [0.4, 0.5) is 0 Å². The maximum absolute atomic E-state index is 12.4. The van der Waals surface area contributed by atoms with Gasteiger partial charge in [-0.2, -0.15) is 9.61 Å². The van der Waals surface area contributed by atoms with Gasteiger partial charge in [0.2, 0.25) is 4.77 Å². The molecule has 3 rings (SSSR count). The number of hydrogen-bond acceptors (Lipinski definition) is 5. The summed E-state index contributed by atoms with van der Waals surface area (Å²) in [6, 6.07) is 7.52. The zero-order valence-corrected chi connectivity index (χ0v) is 12.3. The molecule has 0 unspecified atom stereocenters. The van der Waals surface area contributed by atoms with Gasteiger partial charge in [-0.05, 0) is 18.3 Å². The molecule has 3 aromatic rings. The lowest BCUT2D eigenvalue weighted by atomic mass is 10.1. The number of aromatic nitrogens is 5. The van der Waals surface area contributed by atoms with Crippen molar-refractivity contribution in [3.8, 4) is 5.75 Å². The molecule has 0 spiro atoms. The number of fused-ring (bicyclic) bond motifs is 1. The Morgan fingerprint density at radius 3 is 2.90 bits per heavy atom. The van der Waals surface area contributed by atoms with Crippen molar-refractivity contribution in [1.82, 2.24) is 24.4 Å². The summed E-state index contributed by atoms with van der Waals surface area (Å²) in [7, 11) is 3.24. The van der Waals surface area contributed by atoms with Crippen LogP contribution in [-0.2, 0) is 13.5 Å². The maximum atomic E-state index is 12.4. The third kappa shape index (κ3) is 2.23. The van der Waals surface area contributed by atoms with Crippen molar-refractivity contribution in [3.05, 3.63) is 50.6 Å². The lowest BCUT2D eigenvalue weighted by molar-refractivity contribution is 0.410. The Bertz CT molecular complexity index is 924. The average Bonchev–Trinajstić information content (AvgIpc) is 2.86. The normalized spacial score (nSPS) is 11.0. The molecule has 0 saturated heterocycles. The largest absolute Gasteiger partial charge is 0.496 e. The summed E-state index contributed by atoms with van der Waals surface area (Å²) in [4.78, 5) is 12.4. The summed E-state index contributed by atoms with van der Waals surface area (Å²) in [5.41, 5.74) is 1.06. The second-order valence-corrected chi connectivity index (χ2v) is 4.93. The summed E-state index contributed by atoms with van der Waals surface area (Å²) in [6.07, 6.45) is 0.361. The van der Waals surface area contributed by atoms with Crippen LogP contribution in [0.1, 0.15) is 11.3 Å². The fraction of sp³-hybridized carbons (Fsp3) is 0.231. The molecule has 0 radical (unpaired) electrons. The predicted octanol–water partition coefficient (Wildman–Crippen LogP) is 1.08. The van der Waals surface area contributed by atoms with Gasteiger partial charge in [0, 0.05) is 19.0 Å². The van der Waals surface area contributed by atoms with Gasteiger partial charge in [-0.3, -0.25) is 9.36 Å². The number of hydrogen-bond donors (Lipinski definition) is 1. The predicted molar refractivity (Wildman–Crippen MR) is 79.2 cm³/mol. The number of nitrogens with one attached hydrogen (secondary N) is 1. The SMILES string of the molecule is COc1ccccc1Cc1nn2c(=S)[nH]nc2n(C)c1=O. The van der Waals surface area contributed by atoms with Crippen LogP contribution in [0.25, 0.3) is 5.78 Å². The highest BCUT2D eigenvalue weighted by molar-refractivity contribution is 7.71. The number of methoxy groups -OCH3 is 1. The minimum Gasteiger partial charge on any atom is -0.496 e. The molecule has 0 saturated carbocycles. The van der Waals surface area contributed by atoms with E-state index in [9.17, 15) is 4.79 Å². The van der Waals surface area contributed by atoms with E-state index < -0.39 is 0 Å². The standard InChI is InChI=1S/C13H13N5O2S/c1-17-11(19)9(16-18-12(17)14-15-13(18)21)7-8-5-3-4-6-10(8)20-2/h3-6H,7H2,1-2H3,(H,15,21). The lowest BCUT2D eigenvalue weighted by Gasteiger charge is -2.08. The summed E-state index contributed by atoms with van der Waals surface area (Å²) in [5.74, 6) is 1.10. The minimum atomic E-state index is -0.206. The number of nitrogens with zero attached hydrogens (tertiary/aromatic N) is 4. The topological polar surface area (TPSA) is 77.2 Å². The van der Waals surface area contributed by atoms with Crippen molar-refractivity contribution >= 4 is 18.0 Å². The van der Waals surface area contributed by atoms with E-state index in [1.54, 1.807) is 14.2 Å². The number of ether oxygens (including phenoxy) is 1. The van der Waals surface area contributed by atoms with Gasteiger partial charge in [0.1, 0.15) is 11.4 Å². The summed E-state index contributed by atoms with van der Waals surface area (Å²) in [5, 5.41) is 10.9. The van der Waals surface area contributed by atoms with Crippen LogP contribution >= 0.6 is 12.2 Å². The highest BCUT2D eigenvalue weighted by atomic mass is 32.1. The number of aromatic amines is 1. The van der Waals surface area contributed by atoms with Gasteiger partial charge in [0.15, 0.2) is 0 Å². The van der Waals surface area contributed by atoms with Crippen molar-refractivity contribution in [1.29, 1.82) is 0 Å². The quantitative estimate of drug-likeness (QED) is 0.733. The number of H-pyrrole nitrogens is 1. The monoisotopic (exact) mass is 303 g/mol. The molecule has 1 N–H and O–H groups in total. The lowest BCUT2D eigenvalue weighted by Crippen LogP contribution is -2.26. The Balaban J connectivity index is 2.17. The molecule has 0 amide bonds.